The van der Waals surface area contributed by atoms with Gasteiger partial charge in [-0.3, -0.25) is 9.69 Å². The molecule has 1 amide bonds. The third-order valence-corrected chi connectivity index (χ3v) is 6.03. The number of carbonyl (C=O) groups is 1. The van der Waals surface area contributed by atoms with E-state index in [1.807, 2.05) is 6.07 Å². The van der Waals surface area contributed by atoms with E-state index in [1.165, 1.54) is 6.42 Å². The van der Waals surface area contributed by atoms with E-state index < -0.39 is 0 Å². The molecule has 162 valence electrons. The van der Waals surface area contributed by atoms with E-state index in [2.05, 4.69) is 22.2 Å². The Bertz CT molecular complexity index is 661. The van der Waals surface area contributed by atoms with E-state index in [0.717, 1.165) is 51.9 Å². The molecule has 0 aliphatic carbocycles. The SMILES string of the molecule is COc1cc(C(=O)NCCN2CCCCC2CO)ccc1OC1CCN(C)CC1. The van der Waals surface area contributed by atoms with E-state index in [4.69, 9.17) is 9.47 Å². The molecule has 3 rings (SSSR count). The number of amides is 1. The zero-order valence-corrected chi connectivity index (χ0v) is 17.7. The Morgan fingerprint density at radius 3 is 2.69 bits per heavy atom. The van der Waals surface area contributed by atoms with Crippen LogP contribution in [-0.4, -0.2) is 86.4 Å². The van der Waals surface area contributed by atoms with Gasteiger partial charge in [0.25, 0.3) is 5.91 Å². The lowest BCUT2D eigenvalue weighted by Gasteiger charge is -2.34. The van der Waals surface area contributed by atoms with Gasteiger partial charge in [-0.1, -0.05) is 6.42 Å². The highest BCUT2D eigenvalue weighted by Crippen LogP contribution is 2.30. The second-order valence-corrected chi connectivity index (χ2v) is 8.11. The minimum atomic E-state index is -0.119. The molecule has 0 bridgehead atoms. The van der Waals surface area contributed by atoms with Crippen molar-refractivity contribution < 1.29 is 19.4 Å². The van der Waals surface area contributed by atoms with Crippen LogP contribution in [-0.2, 0) is 0 Å². The molecule has 0 radical (unpaired) electrons. The van der Waals surface area contributed by atoms with Crippen molar-refractivity contribution >= 4 is 5.91 Å². The molecule has 2 heterocycles. The minimum Gasteiger partial charge on any atom is -0.493 e. The Morgan fingerprint density at radius 2 is 1.97 bits per heavy atom. The average Bonchev–Trinajstić information content (AvgIpc) is 2.75. The van der Waals surface area contributed by atoms with Crippen molar-refractivity contribution in [3.8, 4) is 11.5 Å². The highest BCUT2D eigenvalue weighted by atomic mass is 16.5. The molecular formula is C22H35N3O4. The monoisotopic (exact) mass is 405 g/mol. The quantitative estimate of drug-likeness (QED) is 0.686. The molecule has 1 unspecified atom stereocenters. The number of benzene rings is 1. The van der Waals surface area contributed by atoms with Crippen LogP contribution in [0.1, 0.15) is 42.5 Å². The number of rotatable bonds is 8. The van der Waals surface area contributed by atoms with Crippen LogP contribution in [0, 0.1) is 0 Å². The highest BCUT2D eigenvalue weighted by molar-refractivity contribution is 5.94. The van der Waals surface area contributed by atoms with E-state index in [0.29, 0.717) is 23.6 Å². The topological polar surface area (TPSA) is 74.3 Å². The average molecular weight is 406 g/mol. The maximum atomic E-state index is 12.6. The summed E-state index contributed by atoms with van der Waals surface area (Å²) in [6.45, 7) is 4.54. The molecule has 2 fully saturated rings. The first-order valence-corrected chi connectivity index (χ1v) is 10.8. The number of likely N-dealkylation sites (tertiary alicyclic amines) is 2. The van der Waals surface area contributed by atoms with Gasteiger partial charge < -0.3 is 24.8 Å². The lowest BCUT2D eigenvalue weighted by atomic mass is 10.0. The predicted octanol–water partition coefficient (Wildman–Crippen LogP) is 1.74. The first-order valence-electron chi connectivity index (χ1n) is 10.8. The largest absolute Gasteiger partial charge is 0.493 e. The standard InChI is InChI=1S/C22H35N3O4/c1-24-12-8-19(9-13-24)29-20-7-6-17(15-21(20)28-2)22(27)23-10-14-25-11-4-3-5-18(25)16-26/h6-7,15,18-19,26H,3-5,8-14,16H2,1-2H3,(H,23,27). The van der Waals surface area contributed by atoms with Crippen molar-refractivity contribution in [1.29, 1.82) is 0 Å². The molecule has 2 aliphatic heterocycles. The minimum absolute atomic E-state index is 0.119. The predicted molar refractivity (Wildman–Crippen MR) is 113 cm³/mol. The summed E-state index contributed by atoms with van der Waals surface area (Å²) in [6, 6.07) is 5.59. The number of carbonyl (C=O) groups excluding carboxylic acids is 1. The third-order valence-electron chi connectivity index (χ3n) is 6.03. The second-order valence-electron chi connectivity index (χ2n) is 8.11. The molecule has 1 aromatic rings. The lowest BCUT2D eigenvalue weighted by molar-refractivity contribution is 0.0849. The van der Waals surface area contributed by atoms with Gasteiger partial charge in [0.05, 0.1) is 13.7 Å². The number of nitrogens with one attached hydrogen (secondary N) is 1. The zero-order valence-electron chi connectivity index (χ0n) is 17.7. The summed E-state index contributed by atoms with van der Waals surface area (Å²) < 4.78 is 11.6. The summed E-state index contributed by atoms with van der Waals surface area (Å²) in [6.07, 6.45) is 5.52. The molecule has 0 spiro atoms. The Hall–Kier alpha value is -1.83. The third kappa shape index (κ3) is 6.07. The van der Waals surface area contributed by atoms with E-state index in [1.54, 1.807) is 19.2 Å². The van der Waals surface area contributed by atoms with Gasteiger partial charge in [0.15, 0.2) is 11.5 Å². The summed E-state index contributed by atoms with van der Waals surface area (Å²) in [5.74, 6) is 1.16. The van der Waals surface area contributed by atoms with Crippen LogP contribution in [0.2, 0.25) is 0 Å². The van der Waals surface area contributed by atoms with Gasteiger partial charge in [-0.15, -0.1) is 0 Å². The van der Waals surface area contributed by atoms with Gasteiger partial charge in [-0.25, -0.2) is 0 Å². The van der Waals surface area contributed by atoms with Gasteiger partial charge in [0.1, 0.15) is 6.10 Å². The number of aliphatic hydroxyl groups is 1. The number of aliphatic hydroxyl groups excluding tert-OH is 1. The number of ether oxygens (including phenoxy) is 2. The van der Waals surface area contributed by atoms with Crippen LogP contribution in [0.5, 0.6) is 11.5 Å². The van der Waals surface area contributed by atoms with E-state index >= 15 is 0 Å². The van der Waals surface area contributed by atoms with Crippen molar-refractivity contribution in [2.45, 2.75) is 44.2 Å². The second kappa shape index (κ2) is 10.8. The molecule has 7 nitrogen and oxygen atoms in total. The maximum absolute atomic E-state index is 12.6. The van der Waals surface area contributed by atoms with Gasteiger partial charge in [-0.2, -0.15) is 0 Å². The van der Waals surface area contributed by atoms with Crippen molar-refractivity contribution in [3.05, 3.63) is 23.8 Å². The smallest absolute Gasteiger partial charge is 0.251 e. The number of hydrogen-bond donors (Lipinski definition) is 2. The molecular weight excluding hydrogens is 370 g/mol. The molecule has 0 saturated carbocycles. The number of hydrogen-bond acceptors (Lipinski definition) is 6. The van der Waals surface area contributed by atoms with Crippen molar-refractivity contribution in [1.82, 2.24) is 15.1 Å². The van der Waals surface area contributed by atoms with Crippen LogP contribution in [0.15, 0.2) is 18.2 Å². The fraction of sp³-hybridized carbons (Fsp3) is 0.682. The first kappa shape index (κ1) is 21.9. The summed E-state index contributed by atoms with van der Waals surface area (Å²) in [7, 11) is 3.73. The Morgan fingerprint density at radius 1 is 1.17 bits per heavy atom. The Kier molecular flexibility index (Phi) is 8.15. The number of methoxy groups -OCH3 is 1. The summed E-state index contributed by atoms with van der Waals surface area (Å²) in [4.78, 5) is 17.1. The molecule has 1 aromatic carbocycles. The van der Waals surface area contributed by atoms with Crippen LogP contribution in [0.3, 0.4) is 0 Å². The van der Waals surface area contributed by atoms with Crippen molar-refractivity contribution in [2.24, 2.45) is 0 Å². The normalized spacial score (nSPS) is 21.7. The zero-order chi connectivity index (χ0) is 20.6. The van der Waals surface area contributed by atoms with Gasteiger partial charge in [0.2, 0.25) is 0 Å². The van der Waals surface area contributed by atoms with Crippen LogP contribution < -0.4 is 14.8 Å². The summed E-state index contributed by atoms with van der Waals surface area (Å²) in [5.41, 5.74) is 0.565. The highest BCUT2D eigenvalue weighted by Gasteiger charge is 2.22. The molecule has 2 N–H and O–H groups in total. The molecule has 29 heavy (non-hydrogen) atoms. The Balaban J connectivity index is 1.52. The Labute approximate surface area is 174 Å². The maximum Gasteiger partial charge on any atom is 0.251 e. The van der Waals surface area contributed by atoms with Gasteiger partial charge >= 0.3 is 0 Å². The number of piperidine rings is 2. The van der Waals surface area contributed by atoms with Gasteiger partial charge in [0, 0.05) is 37.8 Å². The van der Waals surface area contributed by atoms with E-state index in [9.17, 15) is 9.90 Å². The summed E-state index contributed by atoms with van der Waals surface area (Å²) in [5, 5.41) is 12.5. The summed E-state index contributed by atoms with van der Waals surface area (Å²) >= 11 is 0. The molecule has 0 aromatic heterocycles. The molecule has 2 aliphatic rings. The van der Waals surface area contributed by atoms with Crippen LogP contribution in [0.25, 0.3) is 0 Å². The lowest BCUT2D eigenvalue weighted by Crippen LogP contribution is -2.45. The van der Waals surface area contributed by atoms with E-state index in [-0.39, 0.29) is 24.7 Å². The van der Waals surface area contributed by atoms with Crippen molar-refractivity contribution in [3.63, 3.8) is 0 Å². The van der Waals surface area contributed by atoms with Crippen LogP contribution >= 0.6 is 0 Å². The molecule has 1 atom stereocenters. The fourth-order valence-corrected chi connectivity index (χ4v) is 4.16. The fourth-order valence-electron chi connectivity index (χ4n) is 4.16. The van der Waals surface area contributed by atoms with Crippen molar-refractivity contribution in [2.75, 3.05) is 53.5 Å². The van der Waals surface area contributed by atoms with Crippen LogP contribution in [0.4, 0.5) is 0 Å². The number of nitrogens with zero attached hydrogens (tertiary/aromatic N) is 2. The van der Waals surface area contributed by atoms with Gasteiger partial charge in [-0.05, 0) is 57.5 Å². The molecule has 2 saturated heterocycles. The first-order chi connectivity index (χ1) is 14.1. The molecule has 7 heteroatoms.